The molecule has 0 aliphatic rings. The average molecular weight is 469 g/mol. The van der Waals surface area contributed by atoms with Crippen LogP contribution in [0.25, 0.3) is 33.1 Å². The molecule has 0 aliphatic carbocycles. The van der Waals surface area contributed by atoms with Gasteiger partial charge in [0.2, 0.25) is 0 Å². The van der Waals surface area contributed by atoms with Gasteiger partial charge in [0.15, 0.2) is 16.6 Å². The van der Waals surface area contributed by atoms with Gasteiger partial charge in [-0.3, -0.25) is 9.71 Å². The molecule has 1 N–H and O–H groups in total. The second-order valence-corrected chi connectivity index (χ2v) is 9.10. The van der Waals surface area contributed by atoms with Crippen LogP contribution in [-0.4, -0.2) is 23.4 Å². The topological polar surface area (TPSA) is 98.0 Å². The summed E-state index contributed by atoms with van der Waals surface area (Å²) in [5.41, 5.74) is 3.48. The number of aromatic nitrogens is 3. The lowest BCUT2D eigenvalue weighted by molar-refractivity contribution is 0.563. The van der Waals surface area contributed by atoms with Gasteiger partial charge in [0.05, 0.1) is 22.3 Å². The third kappa shape index (κ3) is 3.65. The fourth-order valence-corrected chi connectivity index (χ4v) is 4.62. The third-order valence-electron chi connectivity index (χ3n) is 4.87. The van der Waals surface area contributed by atoms with Crippen molar-refractivity contribution in [2.45, 2.75) is 11.8 Å². The smallest absolute Gasteiger partial charge is 0.261 e. The molecule has 10 heteroatoms. The molecule has 0 radical (unpaired) electrons. The number of benzene rings is 2. The Kier molecular flexibility index (Phi) is 4.79. The minimum absolute atomic E-state index is 0.0184. The Morgan fingerprint density at radius 2 is 1.75 bits per heavy atom. The first-order valence-corrected chi connectivity index (χ1v) is 11.3. The molecule has 3 heterocycles. The maximum absolute atomic E-state index is 13.2. The van der Waals surface area contributed by atoms with Crippen LogP contribution < -0.4 is 4.72 Å². The Bertz CT molecular complexity index is 1600. The molecular weight excluding hydrogens is 455 g/mol. The molecule has 5 rings (SSSR count). The molecule has 0 amide bonds. The van der Waals surface area contributed by atoms with Gasteiger partial charge in [-0.25, -0.2) is 22.8 Å². The number of hydrogen-bond donors (Lipinski definition) is 1. The number of anilines is 1. The molecule has 2 aromatic carbocycles. The summed E-state index contributed by atoms with van der Waals surface area (Å²) in [6.45, 7) is 1.76. The Morgan fingerprint density at radius 1 is 0.969 bits per heavy atom. The summed E-state index contributed by atoms with van der Waals surface area (Å²) >= 11 is 6.15. The van der Waals surface area contributed by atoms with Crippen LogP contribution in [0.1, 0.15) is 5.89 Å². The highest BCUT2D eigenvalue weighted by Crippen LogP contribution is 2.32. The molecule has 0 fully saturated rings. The average Bonchev–Trinajstić information content (AvgIpc) is 3.16. The lowest BCUT2D eigenvalue weighted by Crippen LogP contribution is -2.13. The fraction of sp³-hybridized carbons (Fsp3) is 0.0455. The van der Waals surface area contributed by atoms with Gasteiger partial charge in [0.1, 0.15) is 11.3 Å². The van der Waals surface area contributed by atoms with E-state index in [-0.39, 0.29) is 15.7 Å². The summed E-state index contributed by atoms with van der Waals surface area (Å²) in [5, 5.41) is 0.749. The molecule has 3 aromatic heterocycles. The molecule has 0 unspecified atom stereocenters. The highest BCUT2D eigenvalue weighted by atomic mass is 35.5. The van der Waals surface area contributed by atoms with E-state index in [1.165, 1.54) is 12.1 Å². The van der Waals surface area contributed by atoms with Crippen LogP contribution in [0, 0.1) is 12.7 Å². The zero-order chi connectivity index (χ0) is 22.5. The Labute approximate surface area is 187 Å². The van der Waals surface area contributed by atoms with Gasteiger partial charge in [-0.15, -0.1) is 0 Å². The monoisotopic (exact) mass is 468 g/mol. The molecule has 0 saturated carbocycles. The van der Waals surface area contributed by atoms with E-state index in [2.05, 4.69) is 19.7 Å². The summed E-state index contributed by atoms with van der Waals surface area (Å²) in [6.07, 6.45) is 3.19. The molecule has 160 valence electrons. The van der Waals surface area contributed by atoms with Crippen molar-refractivity contribution in [3.63, 3.8) is 0 Å². The van der Waals surface area contributed by atoms with Crippen molar-refractivity contribution in [2.75, 3.05) is 4.72 Å². The summed E-state index contributed by atoms with van der Waals surface area (Å²) < 4.78 is 46.7. The predicted octanol–water partition coefficient (Wildman–Crippen LogP) is 5.34. The van der Waals surface area contributed by atoms with Crippen LogP contribution in [0.3, 0.4) is 0 Å². The first kappa shape index (κ1) is 20.3. The zero-order valence-corrected chi connectivity index (χ0v) is 18.1. The molecule has 5 aromatic rings. The molecule has 32 heavy (non-hydrogen) atoms. The summed E-state index contributed by atoms with van der Waals surface area (Å²) in [7, 11) is -3.99. The number of hydrogen-bond acceptors (Lipinski definition) is 6. The van der Waals surface area contributed by atoms with E-state index >= 15 is 0 Å². The van der Waals surface area contributed by atoms with Gasteiger partial charge in [0, 0.05) is 24.1 Å². The van der Waals surface area contributed by atoms with Crippen molar-refractivity contribution in [3.8, 4) is 11.1 Å². The van der Waals surface area contributed by atoms with Gasteiger partial charge < -0.3 is 4.42 Å². The van der Waals surface area contributed by atoms with E-state index in [9.17, 15) is 12.8 Å². The number of oxazole rings is 1. The summed E-state index contributed by atoms with van der Waals surface area (Å²) in [5.74, 6) is -0.00199. The van der Waals surface area contributed by atoms with Crippen molar-refractivity contribution >= 4 is 49.3 Å². The largest absolute Gasteiger partial charge is 0.440 e. The van der Waals surface area contributed by atoms with E-state index in [1.54, 1.807) is 25.4 Å². The molecule has 0 spiro atoms. The fourth-order valence-electron chi connectivity index (χ4n) is 3.36. The predicted molar refractivity (Wildman–Crippen MR) is 119 cm³/mol. The Balaban J connectivity index is 1.57. The van der Waals surface area contributed by atoms with Crippen LogP contribution in [0.5, 0.6) is 0 Å². The van der Waals surface area contributed by atoms with E-state index in [0.717, 1.165) is 28.6 Å². The zero-order valence-electron chi connectivity index (χ0n) is 16.5. The highest BCUT2D eigenvalue weighted by molar-refractivity contribution is 7.92. The first-order chi connectivity index (χ1) is 15.3. The van der Waals surface area contributed by atoms with Crippen molar-refractivity contribution in [3.05, 3.63) is 77.8 Å². The van der Waals surface area contributed by atoms with Gasteiger partial charge in [-0.2, -0.15) is 0 Å². The van der Waals surface area contributed by atoms with Crippen molar-refractivity contribution in [1.82, 2.24) is 15.0 Å². The van der Waals surface area contributed by atoms with Crippen LogP contribution in [0.2, 0.25) is 5.15 Å². The number of aryl methyl sites for hydroxylation is 1. The van der Waals surface area contributed by atoms with Crippen molar-refractivity contribution < 1.29 is 17.2 Å². The second kappa shape index (κ2) is 7.54. The minimum Gasteiger partial charge on any atom is -0.440 e. The number of nitrogens with one attached hydrogen (secondary N) is 1. The molecule has 0 atom stereocenters. The van der Waals surface area contributed by atoms with Gasteiger partial charge in [-0.1, -0.05) is 17.7 Å². The van der Waals surface area contributed by atoms with E-state index < -0.39 is 15.8 Å². The number of fused-ring (bicyclic) bond motifs is 3. The maximum Gasteiger partial charge on any atom is 0.261 e. The van der Waals surface area contributed by atoms with Gasteiger partial charge in [-0.05, 0) is 48.0 Å². The SMILES string of the molecule is Cc1nc2cnc3ccc(-c4cnc(Cl)c(NS(=O)(=O)c5ccc(F)cc5)c4)cc3c2o1. The maximum atomic E-state index is 13.2. The van der Waals surface area contributed by atoms with Crippen LogP contribution in [-0.2, 0) is 10.0 Å². The molecule has 0 saturated heterocycles. The summed E-state index contributed by atoms with van der Waals surface area (Å²) in [4.78, 5) is 12.7. The quantitative estimate of drug-likeness (QED) is 0.357. The number of nitrogens with zero attached hydrogens (tertiary/aromatic N) is 3. The van der Waals surface area contributed by atoms with Crippen LogP contribution >= 0.6 is 11.6 Å². The standard InChI is InChI=1S/C22H14ClFN4O3S/c1-12-27-20-11-25-18-7-2-13(8-17(18)21(20)31-12)14-9-19(22(23)26-10-14)28-32(29,30)16-5-3-15(24)4-6-16/h2-11,28H,1H3. The molecule has 0 bridgehead atoms. The molecule has 0 aliphatic heterocycles. The second-order valence-electron chi connectivity index (χ2n) is 7.06. The Hall–Kier alpha value is -3.56. The van der Waals surface area contributed by atoms with E-state index in [1.807, 2.05) is 18.2 Å². The molecular formula is C22H14ClFN4O3S. The lowest BCUT2D eigenvalue weighted by Gasteiger charge is -2.11. The number of sulfonamides is 1. The number of halogens is 2. The van der Waals surface area contributed by atoms with Gasteiger partial charge in [0.25, 0.3) is 10.0 Å². The van der Waals surface area contributed by atoms with Crippen LogP contribution in [0.15, 0.2) is 70.2 Å². The van der Waals surface area contributed by atoms with E-state index in [4.69, 9.17) is 16.0 Å². The van der Waals surface area contributed by atoms with E-state index in [0.29, 0.717) is 22.6 Å². The van der Waals surface area contributed by atoms with Crippen molar-refractivity contribution in [2.24, 2.45) is 0 Å². The number of rotatable bonds is 4. The minimum atomic E-state index is -3.99. The first-order valence-electron chi connectivity index (χ1n) is 9.40. The highest BCUT2D eigenvalue weighted by Gasteiger charge is 2.17. The van der Waals surface area contributed by atoms with Crippen LogP contribution in [0.4, 0.5) is 10.1 Å². The van der Waals surface area contributed by atoms with Crippen molar-refractivity contribution in [1.29, 1.82) is 0 Å². The van der Waals surface area contributed by atoms with Gasteiger partial charge >= 0.3 is 0 Å². The number of pyridine rings is 2. The molecule has 7 nitrogen and oxygen atoms in total. The Morgan fingerprint density at radius 3 is 2.53 bits per heavy atom. The lowest BCUT2D eigenvalue weighted by atomic mass is 10.0. The summed E-state index contributed by atoms with van der Waals surface area (Å²) in [6, 6.07) is 11.6. The third-order valence-corrected chi connectivity index (χ3v) is 6.55. The normalized spacial score (nSPS) is 11.8.